The Morgan fingerprint density at radius 1 is 1.38 bits per heavy atom. The van der Waals surface area contributed by atoms with Crippen LogP contribution in [0.2, 0.25) is 0 Å². The first kappa shape index (κ1) is 12.6. The first-order valence-corrected chi connectivity index (χ1v) is 5.34. The van der Waals surface area contributed by atoms with E-state index >= 15 is 0 Å². The van der Waals surface area contributed by atoms with Crippen molar-refractivity contribution < 1.29 is 24.0 Å². The summed E-state index contributed by atoms with van der Waals surface area (Å²) in [7, 11) is 1.79. The molecular weight excluding hydrogens is 212 g/mol. The molecule has 0 aromatic rings. The van der Waals surface area contributed by atoms with Crippen LogP contribution < -0.4 is 4.90 Å². The third kappa shape index (κ3) is 3.30. The third-order valence-corrected chi connectivity index (χ3v) is 2.35. The van der Waals surface area contributed by atoms with Gasteiger partial charge in [0.05, 0.1) is 20.1 Å². The highest BCUT2D eigenvalue weighted by Crippen LogP contribution is 1.97. The minimum Gasteiger partial charge on any atom is -0.466 e. The zero-order chi connectivity index (χ0) is 12.1. The summed E-state index contributed by atoms with van der Waals surface area (Å²) in [5.74, 6) is -0.828. The van der Waals surface area contributed by atoms with E-state index in [0.29, 0.717) is 19.7 Å². The number of hydrogen-bond donors (Lipinski definition) is 1. The fourth-order valence-corrected chi connectivity index (χ4v) is 1.59. The molecule has 0 aromatic heterocycles. The molecule has 0 spiro atoms. The van der Waals surface area contributed by atoms with Gasteiger partial charge in [0.1, 0.15) is 0 Å². The van der Waals surface area contributed by atoms with E-state index in [0.717, 1.165) is 9.80 Å². The van der Waals surface area contributed by atoms with Crippen molar-refractivity contribution in [2.75, 3.05) is 33.3 Å². The van der Waals surface area contributed by atoms with Crippen LogP contribution in [0.25, 0.3) is 0 Å². The van der Waals surface area contributed by atoms with Gasteiger partial charge in [-0.15, -0.1) is 0 Å². The highest BCUT2D eigenvalue weighted by atomic mass is 16.5. The topological polar surface area (TPSA) is 68.1 Å². The van der Waals surface area contributed by atoms with E-state index in [4.69, 9.17) is 4.74 Å². The van der Waals surface area contributed by atoms with E-state index in [2.05, 4.69) is 0 Å². The summed E-state index contributed by atoms with van der Waals surface area (Å²) >= 11 is 0. The molecule has 0 unspecified atom stereocenters. The van der Waals surface area contributed by atoms with Crippen LogP contribution in [0.1, 0.15) is 13.3 Å². The number of nitrogens with zero attached hydrogens (tertiary/aromatic N) is 1. The zero-order valence-electron chi connectivity index (χ0n) is 9.62. The Balaban J connectivity index is 2.44. The fourth-order valence-electron chi connectivity index (χ4n) is 1.59. The molecular formula is C10H17N2O4+. The maximum Gasteiger partial charge on any atom is 0.307 e. The summed E-state index contributed by atoms with van der Waals surface area (Å²) in [5.41, 5.74) is 0. The van der Waals surface area contributed by atoms with Crippen LogP contribution in [0, 0.1) is 0 Å². The van der Waals surface area contributed by atoms with Gasteiger partial charge in [-0.3, -0.25) is 19.3 Å². The summed E-state index contributed by atoms with van der Waals surface area (Å²) in [6, 6.07) is 0. The van der Waals surface area contributed by atoms with Crippen LogP contribution in [0.15, 0.2) is 0 Å². The molecule has 0 aromatic carbocycles. The van der Waals surface area contributed by atoms with Crippen LogP contribution in [-0.4, -0.2) is 56.0 Å². The van der Waals surface area contributed by atoms with E-state index in [1.54, 1.807) is 14.0 Å². The quantitative estimate of drug-likeness (QED) is 0.440. The molecule has 2 amide bonds. The minimum absolute atomic E-state index is 0.0738. The number of esters is 1. The summed E-state index contributed by atoms with van der Waals surface area (Å²) in [5, 5.41) is 0. The monoisotopic (exact) mass is 229 g/mol. The van der Waals surface area contributed by atoms with Gasteiger partial charge in [-0.25, -0.2) is 0 Å². The number of nitrogens with one attached hydrogen (secondary N) is 1. The molecule has 0 bridgehead atoms. The molecule has 6 heteroatoms. The number of likely N-dealkylation sites (N-methyl/N-ethyl adjacent to an activating group) is 1. The van der Waals surface area contributed by atoms with Gasteiger partial charge in [-0.1, -0.05) is 0 Å². The van der Waals surface area contributed by atoms with Crippen molar-refractivity contribution >= 4 is 17.8 Å². The lowest BCUT2D eigenvalue weighted by atomic mass is 10.3. The van der Waals surface area contributed by atoms with Crippen molar-refractivity contribution in [3.05, 3.63) is 0 Å². The molecule has 0 radical (unpaired) electrons. The smallest absolute Gasteiger partial charge is 0.307 e. The third-order valence-electron chi connectivity index (χ3n) is 2.35. The van der Waals surface area contributed by atoms with Crippen molar-refractivity contribution in [1.29, 1.82) is 0 Å². The van der Waals surface area contributed by atoms with Crippen LogP contribution in [0.5, 0.6) is 0 Å². The summed E-state index contributed by atoms with van der Waals surface area (Å²) in [4.78, 5) is 36.1. The number of amides is 2. The molecule has 6 nitrogen and oxygen atoms in total. The molecule has 90 valence electrons. The van der Waals surface area contributed by atoms with Gasteiger partial charge in [0, 0.05) is 6.54 Å². The standard InChI is InChI=1S/C10H16N2O4/c1-3-16-10(15)4-5-12-8(13)6-11(2)7-9(12)14/h3-7H2,1-2H3/p+1. The number of ether oxygens (including phenoxy) is 1. The molecule has 1 aliphatic heterocycles. The van der Waals surface area contributed by atoms with Gasteiger partial charge in [0.15, 0.2) is 13.1 Å². The van der Waals surface area contributed by atoms with Crippen molar-refractivity contribution in [1.82, 2.24) is 4.90 Å². The molecule has 1 heterocycles. The molecule has 0 aliphatic carbocycles. The van der Waals surface area contributed by atoms with Crippen LogP contribution in [0.4, 0.5) is 0 Å². The van der Waals surface area contributed by atoms with E-state index in [1.165, 1.54) is 0 Å². The maximum atomic E-state index is 11.5. The van der Waals surface area contributed by atoms with E-state index in [9.17, 15) is 14.4 Å². The largest absolute Gasteiger partial charge is 0.466 e. The molecule has 1 saturated heterocycles. The van der Waals surface area contributed by atoms with Crippen molar-refractivity contribution in [3.63, 3.8) is 0 Å². The Morgan fingerprint density at radius 3 is 2.44 bits per heavy atom. The highest BCUT2D eigenvalue weighted by Gasteiger charge is 2.32. The molecule has 1 rings (SSSR count). The van der Waals surface area contributed by atoms with Gasteiger partial charge >= 0.3 is 5.97 Å². The van der Waals surface area contributed by atoms with Gasteiger partial charge < -0.3 is 9.64 Å². The number of carbonyl (C=O) groups excluding carboxylic acids is 3. The Labute approximate surface area is 94.1 Å². The molecule has 1 aliphatic rings. The van der Waals surface area contributed by atoms with Crippen molar-refractivity contribution in [2.45, 2.75) is 13.3 Å². The second-order valence-electron chi connectivity index (χ2n) is 3.80. The number of rotatable bonds is 4. The van der Waals surface area contributed by atoms with Gasteiger partial charge in [-0.05, 0) is 6.92 Å². The maximum absolute atomic E-state index is 11.5. The lowest BCUT2D eigenvalue weighted by Crippen LogP contribution is -3.13. The molecule has 1 N–H and O–H groups in total. The second kappa shape index (κ2) is 5.60. The number of hydrogen-bond acceptors (Lipinski definition) is 4. The normalized spacial score (nSPS) is 17.8. The minimum atomic E-state index is -0.380. The van der Waals surface area contributed by atoms with Gasteiger partial charge in [-0.2, -0.15) is 0 Å². The van der Waals surface area contributed by atoms with E-state index < -0.39 is 0 Å². The van der Waals surface area contributed by atoms with Crippen LogP contribution in [0.3, 0.4) is 0 Å². The van der Waals surface area contributed by atoms with Gasteiger partial charge in [0.2, 0.25) is 0 Å². The van der Waals surface area contributed by atoms with Gasteiger partial charge in [0.25, 0.3) is 11.8 Å². The SMILES string of the molecule is CCOC(=O)CCN1C(=O)C[NH+](C)CC1=O. The summed E-state index contributed by atoms with van der Waals surface area (Å²) in [6.45, 7) is 2.76. The molecule has 16 heavy (non-hydrogen) atoms. The Bertz CT molecular complexity index is 285. The first-order chi connectivity index (χ1) is 7.54. The average Bonchev–Trinajstić information content (AvgIpc) is 2.16. The number of piperazine rings is 1. The molecule has 0 saturated carbocycles. The second-order valence-corrected chi connectivity index (χ2v) is 3.80. The van der Waals surface area contributed by atoms with Crippen molar-refractivity contribution in [3.8, 4) is 0 Å². The Kier molecular flexibility index (Phi) is 4.42. The average molecular weight is 229 g/mol. The Hall–Kier alpha value is -1.43. The molecule has 1 fully saturated rings. The number of imide groups is 1. The number of quaternary nitrogens is 1. The lowest BCUT2D eigenvalue weighted by Gasteiger charge is -2.27. The van der Waals surface area contributed by atoms with E-state index in [1.807, 2.05) is 0 Å². The van der Waals surface area contributed by atoms with Crippen LogP contribution >= 0.6 is 0 Å². The summed E-state index contributed by atoms with van der Waals surface area (Å²) < 4.78 is 4.73. The summed E-state index contributed by atoms with van der Waals surface area (Å²) in [6.07, 6.45) is 0.0738. The number of carbonyl (C=O) groups is 3. The molecule has 0 atom stereocenters. The first-order valence-electron chi connectivity index (χ1n) is 5.34. The predicted octanol–water partition coefficient (Wildman–Crippen LogP) is -2.18. The van der Waals surface area contributed by atoms with Crippen molar-refractivity contribution in [2.24, 2.45) is 0 Å². The lowest BCUT2D eigenvalue weighted by molar-refractivity contribution is -0.865. The zero-order valence-corrected chi connectivity index (χ0v) is 9.62. The van der Waals surface area contributed by atoms with E-state index in [-0.39, 0.29) is 30.7 Å². The fraction of sp³-hybridized carbons (Fsp3) is 0.700. The highest BCUT2D eigenvalue weighted by molar-refractivity contribution is 5.98. The Morgan fingerprint density at radius 2 is 1.94 bits per heavy atom. The predicted molar refractivity (Wildman–Crippen MR) is 54.6 cm³/mol. The van der Waals surface area contributed by atoms with Crippen LogP contribution in [-0.2, 0) is 19.1 Å².